The van der Waals surface area contributed by atoms with Crippen molar-refractivity contribution in [3.8, 4) is 0 Å². The standard InChI is InChI=1S/C19H18O5/c1-9-15(5-11-3-13(20)7-17(11)23-9)19(22)16-6-12-4-14(21)8-18(12)24-10(16)2/h7-8,11-12H,3-6H2,1-2H3. The highest BCUT2D eigenvalue weighted by Crippen LogP contribution is 2.42. The van der Waals surface area contributed by atoms with Gasteiger partial charge in [-0.25, -0.2) is 0 Å². The lowest BCUT2D eigenvalue weighted by Gasteiger charge is -2.28. The Morgan fingerprint density at radius 2 is 1.25 bits per heavy atom. The molecule has 0 bridgehead atoms. The van der Waals surface area contributed by atoms with Crippen LogP contribution in [0.2, 0.25) is 0 Å². The highest BCUT2D eigenvalue weighted by atomic mass is 16.5. The third kappa shape index (κ3) is 2.35. The fraction of sp³-hybridized carbons (Fsp3) is 0.421. The average Bonchev–Trinajstić information content (AvgIpc) is 3.04. The second-order valence-electron chi connectivity index (χ2n) is 6.84. The van der Waals surface area contributed by atoms with Crippen molar-refractivity contribution in [1.82, 2.24) is 0 Å². The number of hydrogen-bond donors (Lipinski definition) is 0. The van der Waals surface area contributed by atoms with Crippen molar-refractivity contribution < 1.29 is 23.9 Å². The molecule has 4 aliphatic rings. The summed E-state index contributed by atoms with van der Waals surface area (Å²) in [5.41, 5.74) is 1.23. The number of hydrogen-bond acceptors (Lipinski definition) is 5. The van der Waals surface area contributed by atoms with Crippen LogP contribution in [-0.4, -0.2) is 17.3 Å². The van der Waals surface area contributed by atoms with Gasteiger partial charge in [-0.2, -0.15) is 0 Å². The summed E-state index contributed by atoms with van der Waals surface area (Å²) < 4.78 is 11.4. The molecule has 4 rings (SSSR count). The molecule has 0 amide bonds. The van der Waals surface area contributed by atoms with Crippen LogP contribution in [0.25, 0.3) is 0 Å². The van der Waals surface area contributed by atoms with Gasteiger partial charge >= 0.3 is 0 Å². The van der Waals surface area contributed by atoms with Crippen molar-refractivity contribution in [3.05, 3.63) is 46.3 Å². The van der Waals surface area contributed by atoms with Crippen LogP contribution in [0.1, 0.15) is 39.5 Å². The smallest absolute Gasteiger partial charge is 0.191 e. The lowest BCUT2D eigenvalue weighted by Crippen LogP contribution is -2.23. The molecule has 2 aliphatic carbocycles. The first-order valence-electron chi connectivity index (χ1n) is 8.21. The van der Waals surface area contributed by atoms with E-state index >= 15 is 0 Å². The second-order valence-corrected chi connectivity index (χ2v) is 6.84. The second kappa shape index (κ2) is 5.30. The molecule has 5 nitrogen and oxygen atoms in total. The Balaban J connectivity index is 1.60. The fourth-order valence-corrected chi connectivity index (χ4v) is 3.87. The Morgan fingerprint density at radius 3 is 1.67 bits per heavy atom. The zero-order chi connectivity index (χ0) is 17.0. The molecule has 5 heteroatoms. The first-order chi connectivity index (χ1) is 11.4. The van der Waals surface area contributed by atoms with Crippen LogP contribution in [0, 0.1) is 11.8 Å². The summed E-state index contributed by atoms with van der Waals surface area (Å²) >= 11 is 0. The average molecular weight is 326 g/mol. The van der Waals surface area contributed by atoms with Crippen LogP contribution >= 0.6 is 0 Å². The highest BCUT2D eigenvalue weighted by molar-refractivity contribution is 6.09. The molecule has 24 heavy (non-hydrogen) atoms. The van der Waals surface area contributed by atoms with E-state index in [1.807, 2.05) is 0 Å². The van der Waals surface area contributed by atoms with Gasteiger partial charge in [-0.05, 0) is 26.7 Å². The van der Waals surface area contributed by atoms with E-state index in [4.69, 9.17) is 9.47 Å². The summed E-state index contributed by atoms with van der Waals surface area (Å²) in [6, 6.07) is 0. The molecule has 0 fully saturated rings. The van der Waals surface area contributed by atoms with Crippen LogP contribution in [0.3, 0.4) is 0 Å². The number of carbonyl (C=O) groups is 3. The SMILES string of the molecule is CC1=C(C(=O)C2=C(C)OC3=CC(=O)CC3C2)CC2CC(=O)C=C2O1. The minimum absolute atomic E-state index is 0.0333. The number of rotatable bonds is 2. The summed E-state index contributed by atoms with van der Waals surface area (Å²) in [7, 11) is 0. The molecule has 0 aromatic rings. The zero-order valence-electron chi connectivity index (χ0n) is 13.7. The molecule has 0 N–H and O–H groups in total. The molecule has 0 aromatic carbocycles. The Hall–Kier alpha value is -2.43. The quantitative estimate of drug-likeness (QED) is 0.780. The van der Waals surface area contributed by atoms with E-state index in [0.29, 0.717) is 59.9 Å². The molecular weight excluding hydrogens is 308 g/mol. The summed E-state index contributed by atoms with van der Waals surface area (Å²) in [6.45, 7) is 3.52. The number of ether oxygens (including phenoxy) is 2. The predicted molar refractivity (Wildman–Crippen MR) is 84.2 cm³/mol. The topological polar surface area (TPSA) is 69.7 Å². The number of allylic oxidation sites excluding steroid dienone is 8. The van der Waals surface area contributed by atoms with Gasteiger partial charge in [0.2, 0.25) is 0 Å². The van der Waals surface area contributed by atoms with Crippen LogP contribution < -0.4 is 0 Å². The van der Waals surface area contributed by atoms with Crippen LogP contribution in [0.5, 0.6) is 0 Å². The molecule has 0 aromatic heterocycles. The Bertz CT molecular complexity index is 740. The van der Waals surface area contributed by atoms with Crippen LogP contribution in [0.4, 0.5) is 0 Å². The van der Waals surface area contributed by atoms with Gasteiger partial charge in [0.25, 0.3) is 0 Å². The molecule has 124 valence electrons. The Kier molecular flexibility index (Phi) is 3.34. The van der Waals surface area contributed by atoms with Crippen molar-refractivity contribution in [3.63, 3.8) is 0 Å². The van der Waals surface area contributed by atoms with E-state index in [9.17, 15) is 14.4 Å². The summed E-state index contributed by atoms with van der Waals surface area (Å²) in [6.07, 6.45) is 4.91. The van der Waals surface area contributed by atoms with Crippen molar-refractivity contribution in [2.75, 3.05) is 0 Å². The summed E-state index contributed by atoms with van der Waals surface area (Å²) in [5.74, 6) is 2.41. The molecule has 0 saturated carbocycles. The third-order valence-electron chi connectivity index (χ3n) is 5.15. The number of fused-ring (bicyclic) bond motifs is 2. The maximum absolute atomic E-state index is 13.0. The Labute approximate surface area is 139 Å². The number of carbonyl (C=O) groups excluding carboxylic acids is 3. The lowest BCUT2D eigenvalue weighted by atomic mass is 9.85. The maximum atomic E-state index is 13.0. The molecule has 0 spiro atoms. The van der Waals surface area contributed by atoms with Crippen molar-refractivity contribution >= 4 is 17.3 Å². The molecular formula is C19H18O5. The number of ketones is 3. The maximum Gasteiger partial charge on any atom is 0.191 e. The van der Waals surface area contributed by atoms with E-state index < -0.39 is 0 Å². The molecule has 2 unspecified atom stereocenters. The lowest BCUT2D eigenvalue weighted by molar-refractivity contribution is -0.115. The normalized spacial score (nSPS) is 28.9. The van der Waals surface area contributed by atoms with Gasteiger partial charge in [0.1, 0.15) is 23.0 Å². The van der Waals surface area contributed by atoms with Gasteiger partial charge in [-0.3, -0.25) is 14.4 Å². The van der Waals surface area contributed by atoms with Crippen LogP contribution in [0.15, 0.2) is 46.3 Å². The van der Waals surface area contributed by atoms with E-state index in [2.05, 4.69) is 0 Å². The molecule has 0 radical (unpaired) electrons. The molecule has 2 heterocycles. The largest absolute Gasteiger partial charge is 0.466 e. The minimum Gasteiger partial charge on any atom is -0.466 e. The van der Waals surface area contributed by atoms with Crippen molar-refractivity contribution in [1.29, 1.82) is 0 Å². The van der Waals surface area contributed by atoms with E-state index in [1.165, 1.54) is 12.2 Å². The van der Waals surface area contributed by atoms with Gasteiger partial charge in [0.05, 0.1) is 0 Å². The zero-order valence-corrected chi connectivity index (χ0v) is 13.7. The number of Topliss-reactive ketones (excluding diaryl/α,β-unsaturated/α-hetero) is 1. The van der Waals surface area contributed by atoms with Crippen LogP contribution in [-0.2, 0) is 23.9 Å². The summed E-state index contributed by atoms with van der Waals surface area (Å²) in [5, 5.41) is 0. The van der Waals surface area contributed by atoms with Gasteiger partial charge < -0.3 is 9.47 Å². The van der Waals surface area contributed by atoms with E-state index in [1.54, 1.807) is 13.8 Å². The van der Waals surface area contributed by atoms with Crippen molar-refractivity contribution in [2.24, 2.45) is 11.8 Å². The minimum atomic E-state index is -0.0817. The van der Waals surface area contributed by atoms with Gasteiger partial charge in [0.15, 0.2) is 17.3 Å². The van der Waals surface area contributed by atoms with Gasteiger partial charge in [-0.1, -0.05) is 0 Å². The molecule has 0 saturated heterocycles. The van der Waals surface area contributed by atoms with E-state index in [-0.39, 0.29) is 29.2 Å². The van der Waals surface area contributed by atoms with Crippen molar-refractivity contribution in [2.45, 2.75) is 39.5 Å². The third-order valence-corrected chi connectivity index (χ3v) is 5.15. The first kappa shape index (κ1) is 15.1. The fourth-order valence-electron chi connectivity index (χ4n) is 3.87. The summed E-state index contributed by atoms with van der Waals surface area (Å²) in [4.78, 5) is 36.2. The van der Waals surface area contributed by atoms with E-state index in [0.717, 1.165) is 0 Å². The Morgan fingerprint density at radius 1 is 0.833 bits per heavy atom. The predicted octanol–water partition coefficient (Wildman–Crippen LogP) is 2.89. The molecule has 2 aliphatic heterocycles. The van der Waals surface area contributed by atoms with Gasteiger partial charge in [-0.15, -0.1) is 0 Å². The highest BCUT2D eigenvalue weighted by Gasteiger charge is 2.39. The van der Waals surface area contributed by atoms with Gasteiger partial charge in [0, 0.05) is 48.0 Å². The first-order valence-corrected chi connectivity index (χ1v) is 8.21. The monoisotopic (exact) mass is 326 g/mol. The molecule has 2 atom stereocenters.